The molecule has 0 radical (unpaired) electrons. The monoisotopic (exact) mass is 605 g/mol. The lowest BCUT2D eigenvalue weighted by molar-refractivity contribution is -0.154. The first-order valence-electron chi connectivity index (χ1n) is 14.7. The highest BCUT2D eigenvalue weighted by atomic mass is 19.4. The Labute approximate surface area is 251 Å². The van der Waals surface area contributed by atoms with Gasteiger partial charge in [0.05, 0.1) is 31.4 Å². The fourth-order valence-corrected chi connectivity index (χ4v) is 6.74. The number of carbonyl (C=O) groups is 2. The first kappa shape index (κ1) is 32.6. The highest BCUT2D eigenvalue weighted by molar-refractivity contribution is 5.87. The second-order valence-electron chi connectivity index (χ2n) is 12.8. The Morgan fingerprint density at radius 3 is 2.33 bits per heavy atom. The third-order valence-corrected chi connectivity index (χ3v) is 8.66. The number of nitrogens with zero attached hydrogens (tertiary/aromatic N) is 3. The zero-order chi connectivity index (χ0) is 31.7. The molecule has 1 aliphatic heterocycles. The summed E-state index contributed by atoms with van der Waals surface area (Å²) in [5.41, 5.74) is -0.712. The molecule has 236 valence electrons. The number of methoxy groups -OCH3 is 1. The summed E-state index contributed by atoms with van der Waals surface area (Å²) in [4.78, 5) is 35.3. The summed E-state index contributed by atoms with van der Waals surface area (Å²) in [7, 11) is 4.99. The smallest absolute Gasteiger partial charge is 0.416 e. The number of benzene rings is 1. The number of aliphatic carboxylic acids is 1. The summed E-state index contributed by atoms with van der Waals surface area (Å²) in [6, 6.07) is 4.68. The third kappa shape index (κ3) is 6.76. The van der Waals surface area contributed by atoms with Crippen LogP contribution in [0.1, 0.15) is 75.6 Å². The van der Waals surface area contributed by atoms with Gasteiger partial charge in [0.15, 0.2) is 0 Å². The van der Waals surface area contributed by atoms with Crippen molar-refractivity contribution in [2.24, 2.45) is 17.3 Å². The number of rotatable bonds is 8. The van der Waals surface area contributed by atoms with Crippen LogP contribution in [-0.2, 0) is 27.1 Å². The van der Waals surface area contributed by atoms with Crippen molar-refractivity contribution in [3.63, 3.8) is 0 Å². The second kappa shape index (κ2) is 12.7. The fraction of sp³-hybridized carbons (Fsp3) is 0.594. The van der Waals surface area contributed by atoms with Gasteiger partial charge in [0.25, 0.3) is 0 Å². The lowest BCUT2D eigenvalue weighted by Crippen LogP contribution is -2.49. The maximum atomic E-state index is 14.4. The number of carboxylic acid groups (broad SMARTS) is 1. The second-order valence-corrected chi connectivity index (χ2v) is 12.8. The number of alkyl halides is 3. The van der Waals surface area contributed by atoms with E-state index in [4.69, 9.17) is 9.47 Å². The lowest BCUT2D eigenvalue weighted by atomic mass is 9.73. The number of anilines is 1. The molecule has 0 bridgehead atoms. The van der Waals surface area contributed by atoms with Gasteiger partial charge in [-0.3, -0.25) is 4.79 Å². The number of carboxylic acids is 1. The molecule has 1 amide bonds. The van der Waals surface area contributed by atoms with Gasteiger partial charge in [-0.25, -0.2) is 9.78 Å². The van der Waals surface area contributed by atoms with Crippen LogP contribution in [-0.4, -0.2) is 60.2 Å². The summed E-state index contributed by atoms with van der Waals surface area (Å²) >= 11 is 0. The molecule has 43 heavy (non-hydrogen) atoms. The minimum Gasteiger partial charge on any atom is -0.496 e. The molecule has 2 aromatic rings. The summed E-state index contributed by atoms with van der Waals surface area (Å²) in [5, 5.41) is 10.7. The molecule has 2 aliphatic rings. The molecule has 4 rings (SSSR count). The molecule has 11 heteroatoms. The van der Waals surface area contributed by atoms with Crippen LogP contribution in [0, 0.1) is 17.3 Å². The number of hydrogen-bond donors (Lipinski definition) is 1. The first-order valence-corrected chi connectivity index (χ1v) is 14.7. The predicted octanol–water partition coefficient (Wildman–Crippen LogP) is 6.34. The number of ether oxygens (including phenoxy) is 2. The van der Waals surface area contributed by atoms with Gasteiger partial charge in [0, 0.05) is 43.3 Å². The van der Waals surface area contributed by atoms with E-state index in [0.717, 1.165) is 31.4 Å². The third-order valence-electron chi connectivity index (χ3n) is 8.66. The van der Waals surface area contributed by atoms with Crippen molar-refractivity contribution in [2.45, 2.75) is 83.8 Å². The van der Waals surface area contributed by atoms with Gasteiger partial charge < -0.3 is 24.4 Å². The Morgan fingerprint density at radius 1 is 1.09 bits per heavy atom. The van der Waals surface area contributed by atoms with E-state index < -0.39 is 47.2 Å². The van der Waals surface area contributed by atoms with Gasteiger partial charge >= 0.3 is 12.1 Å². The molecule has 1 aromatic carbocycles. The zero-order valence-corrected chi connectivity index (χ0v) is 25.6. The van der Waals surface area contributed by atoms with Crippen LogP contribution in [0.5, 0.6) is 5.75 Å². The van der Waals surface area contributed by atoms with E-state index in [1.807, 2.05) is 40.9 Å². The van der Waals surface area contributed by atoms with E-state index in [1.54, 1.807) is 17.2 Å². The molecule has 1 saturated heterocycles. The molecule has 2 heterocycles. The quantitative estimate of drug-likeness (QED) is 0.376. The summed E-state index contributed by atoms with van der Waals surface area (Å²) in [5.74, 6) is -1.63. The van der Waals surface area contributed by atoms with E-state index in [1.165, 1.54) is 18.1 Å². The zero-order valence-electron chi connectivity index (χ0n) is 25.6. The number of hydrogen-bond acceptors (Lipinski definition) is 6. The van der Waals surface area contributed by atoms with E-state index in [0.29, 0.717) is 24.2 Å². The molecule has 1 aromatic heterocycles. The molecule has 8 nitrogen and oxygen atoms in total. The SMILES string of the molecule is COc1ccc(C(F)(F)F)cc1COC1C(c2cccnc2N(C)C)N(C(=O)C2CCCCC2)[C@@H](C(=O)O)[C@@H]1C(C)(C)C. The van der Waals surface area contributed by atoms with Gasteiger partial charge in [0.1, 0.15) is 17.6 Å². The summed E-state index contributed by atoms with van der Waals surface area (Å²) in [6.07, 6.45) is 0.332. The van der Waals surface area contributed by atoms with Crippen LogP contribution < -0.4 is 9.64 Å². The van der Waals surface area contributed by atoms with Crippen LogP contribution in [0.15, 0.2) is 36.5 Å². The molecule has 2 fully saturated rings. The van der Waals surface area contributed by atoms with Crippen molar-refractivity contribution in [1.82, 2.24) is 9.88 Å². The maximum Gasteiger partial charge on any atom is 0.416 e. The molecule has 1 aliphatic carbocycles. The summed E-state index contributed by atoms with van der Waals surface area (Å²) < 4.78 is 52.8. The summed E-state index contributed by atoms with van der Waals surface area (Å²) in [6.45, 7) is 5.42. The normalized spacial score (nSPS) is 23.3. The minimum atomic E-state index is -4.57. The Kier molecular flexibility index (Phi) is 9.63. The average Bonchev–Trinajstić information content (AvgIpc) is 3.31. The van der Waals surface area contributed by atoms with Crippen molar-refractivity contribution in [3.8, 4) is 5.75 Å². The van der Waals surface area contributed by atoms with E-state index in [-0.39, 0.29) is 29.7 Å². The average molecular weight is 606 g/mol. The number of halogens is 3. The Morgan fingerprint density at radius 2 is 1.77 bits per heavy atom. The Balaban J connectivity index is 1.89. The van der Waals surface area contributed by atoms with Crippen LogP contribution >= 0.6 is 0 Å². The van der Waals surface area contributed by atoms with E-state index in [2.05, 4.69) is 4.98 Å². The number of amides is 1. The van der Waals surface area contributed by atoms with Crippen molar-refractivity contribution in [2.75, 3.05) is 26.1 Å². The number of likely N-dealkylation sites (tertiary alicyclic amines) is 1. The lowest BCUT2D eigenvalue weighted by Gasteiger charge is -2.36. The number of aromatic nitrogens is 1. The van der Waals surface area contributed by atoms with Crippen LogP contribution in [0.2, 0.25) is 0 Å². The molecular weight excluding hydrogens is 563 g/mol. The Bertz CT molecular complexity index is 1300. The first-order chi connectivity index (χ1) is 20.2. The molecular formula is C32H42F3N3O5. The maximum absolute atomic E-state index is 14.4. The van der Waals surface area contributed by atoms with Crippen molar-refractivity contribution in [3.05, 3.63) is 53.2 Å². The molecule has 1 saturated carbocycles. The van der Waals surface area contributed by atoms with Gasteiger partial charge in [-0.2, -0.15) is 13.2 Å². The van der Waals surface area contributed by atoms with E-state index in [9.17, 15) is 27.9 Å². The van der Waals surface area contributed by atoms with Gasteiger partial charge in [0.2, 0.25) is 5.91 Å². The fourth-order valence-electron chi connectivity index (χ4n) is 6.74. The van der Waals surface area contributed by atoms with Crippen LogP contribution in [0.3, 0.4) is 0 Å². The highest BCUT2D eigenvalue weighted by Gasteiger charge is 2.60. The van der Waals surface area contributed by atoms with Gasteiger partial charge in [-0.05, 0) is 42.5 Å². The van der Waals surface area contributed by atoms with E-state index >= 15 is 0 Å². The standard InChI is InChI=1S/C32H42F3N3O5/c1-31(2,3)24-26(30(40)41)38(29(39)19-11-8-7-9-12-19)25(22-13-10-16-36-28(22)37(4)5)27(24)43-18-20-17-21(32(33,34)35)14-15-23(20)42-6/h10,13-17,19,24-27H,7-9,11-12,18H2,1-6H3,(H,40,41)/t24-,25?,26+,27?/m0/s1. The Hall–Kier alpha value is -3.34. The van der Waals surface area contributed by atoms with Crippen LogP contribution in [0.4, 0.5) is 19.0 Å². The van der Waals surface area contributed by atoms with Crippen molar-refractivity contribution in [1.29, 1.82) is 0 Å². The predicted molar refractivity (Wildman–Crippen MR) is 156 cm³/mol. The molecule has 1 N–H and O–H groups in total. The van der Waals surface area contributed by atoms with Crippen LogP contribution in [0.25, 0.3) is 0 Å². The minimum absolute atomic E-state index is 0.173. The topological polar surface area (TPSA) is 92.2 Å². The van der Waals surface area contributed by atoms with Gasteiger partial charge in [-0.1, -0.05) is 46.1 Å². The van der Waals surface area contributed by atoms with Crippen molar-refractivity contribution >= 4 is 17.7 Å². The largest absolute Gasteiger partial charge is 0.496 e. The molecule has 0 spiro atoms. The number of carbonyl (C=O) groups excluding carboxylic acids is 1. The highest BCUT2D eigenvalue weighted by Crippen LogP contribution is 2.52. The molecule has 4 atom stereocenters. The van der Waals surface area contributed by atoms with Gasteiger partial charge in [-0.15, -0.1) is 0 Å². The van der Waals surface area contributed by atoms with Crippen molar-refractivity contribution < 1.29 is 37.3 Å². The molecule has 2 unspecified atom stereocenters. The number of pyridine rings is 1.